The highest BCUT2D eigenvalue weighted by Gasteiger charge is 2.10. The Bertz CT molecular complexity index is 365. The Morgan fingerprint density at radius 3 is 2.76 bits per heavy atom. The van der Waals surface area contributed by atoms with Gasteiger partial charge in [0.2, 0.25) is 0 Å². The van der Waals surface area contributed by atoms with Crippen molar-refractivity contribution in [2.75, 3.05) is 12.0 Å². The monoisotopic (exact) mass is 367 g/mol. The lowest BCUT2D eigenvalue weighted by molar-refractivity contribution is 0.0685. The van der Waals surface area contributed by atoms with Gasteiger partial charge in [-0.25, -0.2) is 4.79 Å². The summed E-state index contributed by atoms with van der Waals surface area (Å²) in [5.74, 6) is 0.386. The first kappa shape index (κ1) is 14.9. The molecule has 0 aliphatic heterocycles. The van der Waals surface area contributed by atoms with Crippen LogP contribution >= 0.6 is 34.4 Å². The fraction of sp³-hybridized carbons (Fsp3) is 0.583. The van der Waals surface area contributed by atoms with Crippen LogP contribution in [0.4, 0.5) is 0 Å². The van der Waals surface area contributed by atoms with Crippen LogP contribution in [0.15, 0.2) is 12.3 Å². The van der Waals surface area contributed by atoms with E-state index in [4.69, 9.17) is 5.11 Å². The number of aromatic carboxylic acids is 1. The molecule has 0 amide bonds. The molecule has 0 saturated carbocycles. The van der Waals surface area contributed by atoms with Gasteiger partial charge in [0.25, 0.3) is 0 Å². The quantitative estimate of drug-likeness (QED) is 0.563. The number of aryl methyl sites for hydroxylation is 1. The van der Waals surface area contributed by atoms with Crippen LogP contribution < -0.4 is 0 Å². The molecule has 0 aliphatic carbocycles. The van der Waals surface area contributed by atoms with Gasteiger partial charge in [0, 0.05) is 16.3 Å². The van der Waals surface area contributed by atoms with E-state index in [1.807, 2.05) is 22.5 Å². The molecular formula is C12H18INO2S. The van der Waals surface area contributed by atoms with Crippen molar-refractivity contribution in [2.24, 2.45) is 0 Å². The smallest absolute Gasteiger partial charge is 0.352 e. The highest BCUT2D eigenvalue weighted by molar-refractivity contribution is 14.1. The third-order valence-corrected chi connectivity index (χ3v) is 3.87. The van der Waals surface area contributed by atoms with Gasteiger partial charge in [0.15, 0.2) is 0 Å². The number of thioether (sulfide) groups is 1. The van der Waals surface area contributed by atoms with Crippen molar-refractivity contribution in [1.29, 1.82) is 0 Å². The summed E-state index contributed by atoms with van der Waals surface area (Å²) >= 11 is 4.03. The van der Waals surface area contributed by atoms with Crippen molar-refractivity contribution in [1.82, 2.24) is 4.57 Å². The van der Waals surface area contributed by atoms with Gasteiger partial charge in [-0.05, 0) is 53.5 Å². The highest BCUT2D eigenvalue weighted by atomic mass is 127. The average molecular weight is 367 g/mol. The van der Waals surface area contributed by atoms with Crippen LogP contribution in [-0.4, -0.2) is 27.7 Å². The predicted molar refractivity (Wildman–Crippen MR) is 81.0 cm³/mol. The zero-order chi connectivity index (χ0) is 12.7. The second-order valence-corrected chi connectivity index (χ2v) is 6.18. The number of rotatable bonds is 8. The topological polar surface area (TPSA) is 42.2 Å². The number of carboxylic acid groups (broad SMARTS) is 1. The molecule has 17 heavy (non-hydrogen) atoms. The van der Waals surface area contributed by atoms with E-state index in [2.05, 4.69) is 28.8 Å². The fourth-order valence-corrected chi connectivity index (χ4v) is 2.84. The van der Waals surface area contributed by atoms with Crippen LogP contribution in [0.3, 0.4) is 0 Å². The molecule has 3 nitrogen and oxygen atoms in total. The zero-order valence-corrected chi connectivity index (χ0v) is 13.0. The van der Waals surface area contributed by atoms with E-state index in [1.54, 1.807) is 6.07 Å². The molecule has 5 heteroatoms. The van der Waals surface area contributed by atoms with Gasteiger partial charge in [-0.3, -0.25) is 0 Å². The summed E-state index contributed by atoms with van der Waals surface area (Å²) in [7, 11) is 0. The SMILES string of the molecule is CSCCCCCCn1cc(I)cc1C(=O)O. The molecule has 0 unspecified atom stereocenters. The second-order valence-electron chi connectivity index (χ2n) is 3.95. The van der Waals surface area contributed by atoms with E-state index < -0.39 is 5.97 Å². The molecule has 0 spiro atoms. The van der Waals surface area contributed by atoms with Crippen LogP contribution in [0, 0.1) is 3.57 Å². The minimum absolute atomic E-state index is 0.401. The van der Waals surface area contributed by atoms with E-state index in [9.17, 15) is 4.79 Å². The van der Waals surface area contributed by atoms with Crippen LogP contribution in [0.1, 0.15) is 36.2 Å². The van der Waals surface area contributed by atoms with E-state index in [0.29, 0.717) is 5.69 Å². The van der Waals surface area contributed by atoms with Crippen LogP contribution in [-0.2, 0) is 6.54 Å². The number of carboxylic acids is 1. The minimum Gasteiger partial charge on any atom is -0.477 e. The Kier molecular flexibility index (Phi) is 7.03. The molecule has 0 saturated heterocycles. The molecule has 1 rings (SSSR count). The number of halogens is 1. The van der Waals surface area contributed by atoms with Crippen molar-refractivity contribution in [3.8, 4) is 0 Å². The van der Waals surface area contributed by atoms with Gasteiger partial charge < -0.3 is 9.67 Å². The first-order valence-electron chi connectivity index (χ1n) is 5.73. The summed E-state index contributed by atoms with van der Waals surface area (Å²) in [6, 6.07) is 1.72. The van der Waals surface area contributed by atoms with E-state index >= 15 is 0 Å². The molecule has 0 fully saturated rings. The number of hydrogen-bond donors (Lipinski definition) is 1. The highest BCUT2D eigenvalue weighted by Crippen LogP contribution is 2.13. The standard InChI is InChI=1S/C12H18INO2S/c1-17-7-5-3-2-4-6-14-9-10(13)8-11(14)12(15)16/h8-9H,2-7H2,1H3,(H,15,16). The maximum atomic E-state index is 11.0. The first-order valence-corrected chi connectivity index (χ1v) is 8.20. The first-order chi connectivity index (χ1) is 8.15. The maximum absolute atomic E-state index is 11.0. The molecule has 1 aromatic rings. The molecule has 0 atom stereocenters. The van der Waals surface area contributed by atoms with Crippen molar-refractivity contribution in [3.05, 3.63) is 21.5 Å². The summed E-state index contributed by atoms with van der Waals surface area (Å²) in [4.78, 5) is 11.0. The Labute approximate surface area is 120 Å². The van der Waals surface area contributed by atoms with Crippen LogP contribution in [0.25, 0.3) is 0 Å². The van der Waals surface area contributed by atoms with Gasteiger partial charge in [-0.15, -0.1) is 0 Å². The Balaban J connectivity index is 2.33. The lowest BCUT2D eigenvalue weighted by atomic mass is 10.2. The third-order valence-electron chi connectivity index (χ3n) is 2.58. The molecule has 1 aromatic heterocycles. The summed E-state index contributed by atoms with van der Waals surface area (Å²) < 4.78 is 2.83. The van der Waals surface area contributed by atoms with E-state index in [1.165, 1.54) is 25.0 Å². The maximum Gasteiger partial charge on any atom is 0.352 e. The summed E-state index contributed by atoms with van der Waals surface area (Å²) in [6.45, 7) is 0.809. The largest absolute Gasteiger partial charge is 0.477 e. The number of hydrogen-bond acceptors (Lipinski definition) is 2. The predicted octanol–water partition coefficient (Wildman–Crippen LogP) is 3.71. The summed E-state index contributed by atoms with van der Waals surface area (Å²) in [6.07, 6.45) is 8.76. The normalized spacial score (nSPS) is 10.7. The van der Waals surface area contributed by atoms with Crippen molar-refractivity contribution in [3.63, 3.8) is 0 Å². The Morgan fingerprint density at radius 2 is 2.12 bits per heavy atom. The van der Waals surface area contributed by atoms with Crippen molar-refractivity contribution < 1.29 is 9.90 Å². The van der Waals surface area contributed by atoms with Gasteiger partial charge in [0.1, 0.15) is 5.69 Å². The molecular weight excluding hydrogens is 349 g/mol. The third kappa shape index (κ3) is 5.33. The fourth-order valence-electron chi connectivity index (χ4n) is 1.72. The molecule has 96 valence electrons. The van der Waals surface area contributed by atoms with Crippen molar-refractivity contribution >= 4 is 40.3 Å². The average Bonchev–Trinajstić information content (AvgIpc) is 2.65. The Morgan fingerprint density at radius 1 is 1.41 bits per heavy atom. The number of aromatic nitrogens is 1. The molecule has 0 bridgehead atoms. The molecule has 0 aliphatic rings. The minimum atomic E-state index is -0.838. The molecule has 0 radical (unpaired) electrons. The van der Waals surface area contributed by atoms with Crippen molar-refractivity contribution in [2.45, 2.75) is 32.2 Å². The number of nitrogens with zero attached hydrogens (tertiary/aromatic N) is 1. The number of carbonyl (C=O) groups is 1. The molecule has 1 heterocycles. The lowest BCUT2D eigenvalue weighted by Crippen LogP contribution is -2.07. The summed E-state index contributed by atoms with van der Waals surface area (Å²) in [5.41, 5.74) is 0.401. The summed E-state index contributed by atoms with van der Waals surface area (Å²) in [5, 5.41) is 9.02. The van der Waals surface area contributed by atoms with Gasteiger partial charge in [-0.1, -0.05) is 12.8 Å². The molecule has 1 N–H and O–H groups in total. The lowest BCUT2D eigenvalue weighted by Gasteiger charge is -2.05. The van der Waals surface area contributed by atoms with Gasteiger partial charge >= 0.3 is 5.97 Å². The van der Waals surface area contributed by atoms with E-state index in [-0.39, 0.29) is 0 Å². The number of unbranched alkanes of at least 4 members (excludes halogenated alkanes) is 3. The molecule has 0 aromatic carbocycles. The van der Waals surface area contributed by atoms with Gasteiger partial charge in [-0.2, -0.15) is 11.8 Å². The van der Waals surface area contributed by atoms with Crippen LogP contribution in [0.5, 0.6) is 0 Å². The zero-order valence-electron chi connectivity index (χ0n) is 9.99. The van der Waals surface area contributed by atoms with Crippen LogP contribution in [0.2, 0.25) is 0 Å². The van der Waals surface area contributed by atoms with E-state index in [0.717, 1.165) is 16.5 Å². The van der Waals surface area contributed by atoms with Gasteiger partial charge in [0.05, 0.1) is 0 Å². The second kappa shape index (κ2) is 8.02. The Hall–Kier alpha value is -0.170.